The minimum Gasteiger partial charge on any atom is -0.484 e. The van der Waals surface area contributed by atoms with E-state index in [1.807, 2.05) is 76.2 Å². The van der Waals surface area contributed by atoms with Gasteiger partial charge in [-0.15, -0.1) is 0 Å². The molecule has 0 aliphatic heterocycles. The molecule has 1 unspecified atom stereocenters. The van der Waals surface area contributed by atoms with Crippen LogP contribution in [-0.4, -0.2) is 35.9 Å². The molecule has 1 N–H and O–H groups in total. The number of aryl methyl sites for hydroxylation is 1. The second kappa shape index (κ2) is 11.9. The molecule has 0 aromatic heterocycles. The van der Waals surface area contributed by atoms with Crippen LogP contribution in [0, 0.1) is 16.4 Å². The van der Waals surface area contributed by atoms with Gasteiger partial charge in [0.25, 0.3) is 5.91 Å². The van der Waals surface area contributed by atoms with Crippen molar-refractivity contribution in [3.05, 3.63) is 63.2 Å². The first kappa shape index (κ1) is 24.2. The topological polar surface area (TPSA) is 58.6 Å². The van der Waals surface area contributed by atoms with Gasteiger partial charge in [-0.1, -0.05) is 50.6 Å². The van der Waals surface area contributed by atoms with Gasteiger partial charge in [0.15, 0.2) is 6.61 Å². The number of carbonyl (C=O) groups excluding carboxylic acids is 2. The molecule has 2 aromatic rings. The first-order valence-electron chi connectivity index (χ1n) is 10.3. The number of benzene rings is 2. The van der Waals surface area contributed by atoms with Crippen LogP contribution in [0.25, 0.3) is 0 Å². The summed E-state index contributed by atoms with van der Waals surface area (Å²) in [5.74, 6) is 0.649. The van der Waals surface area contributed by atoms with Crippen LogP contribution in [0.15, 0.2) is 48.5 Å². The van der Waals surface area contributed by atoms with E-state index in [0.29, 0.717) is 31.2 Å². The number of nitrogens with one attached hydrogen (secondary N) is 1. The number of amides is 2. The zero-order valence-corrected chi connectivity index (χ0v) is 20.3. The molecule has 0 fully saturated rings. The lowest BCUT2D eigenvalue weighted by atomic mass is 10.1. The van der Waals surface area contributed by atoms with Gasteiger partial charge in [-0.3, -0.25) is 9.59 Å². The quantitative estimate of drug-likeness (QED) is 0.466. The van der Waals surface area contributed by atoms with E-state index in [9.17, 15) is 9.59 Å². The van der Waals surface area contributed by atoms with E-state index in [0.717, 1.165) is 14.7 Å². The van der Waals surface area contributed by atoms with Crippen molar-refractivity contribution in [2.75, 3.05) is 13.2 Å². The summed E-state index contributed by atoms with van der Waals surface area (Å²) in [6, 6.07) is 15.0. The zero-order chi connectivity index (χ0) is 22.1. The number of rotatable bonds is 10. The fourth-order valence-electron chi connectivity index (χ4n) is 3.11. The Hall–Kier alpha value is -2.09. The van der Waals surface area contributed by atoms with Gasteiger partial charge in [0.1, 0.15) is 11.8 Å². The highest BCUT2D eigenvalue weighted by Gasteiger charge is 2.29. The van der Waals surface area contributed by atoms with Crippen LogP contribution in [-0.2, 0) is 16.1 Å². The summed E-state index contributed by atoms with van der Waals surface area (Å²) in [4.78, 5) is 27.6. The molecule has 0 bridgehead atoms. The molecule has 2 aromatic carbocycles. The molecule has 2 rings (SSSR count). The largest absolute Gasteiger partial charge is 0.484 e. The summed E-state index contributed by atoms with van der Waals surface area (Å²) < 4.78 is 6.81. The van der Waals surface area contributed by atoms with Gasteiger partial charge in [-0.25, -0.2) is 0 Å². The monoisotopic (exact) mass is 522 g/mol. The lowest BCUT2D eigenvalue weighted by Gasteiger charge is -2.31. The number of carbonyl (C=O) groups is 2. The predicted molar refractivity (Wildman–Crippen MR) is 128 cm³/mol. The Morgan fingerprint density at radius 3 is 2.43 bits per heavy atom. The summed E-state index contributed by atoms with van der Waals surface area (Å²) in [6.45, 7) is 8.88. The van der Waals surface area contributed by atoms with E-state index in [4.69, 9.17) is 4.74 Å². The molecule has 0 heterocycles. The molecule has 0 aliphatic rings. The predicted octanol–water partition coefficient (Wildman–Crippen LogP) is 4.56. The second-order valence-electron chi connectivity index (χ2n) is 7.82. The van der Waals surface area contributed by atoms with E-state index in [-0.39, 0.29) is 18.4 Å². The Bertz CT molecular complexity index is 837. The van der Waals surface area contributed by atoms with Gasteiger partial charge in [0, 0.05) is 16.7 Å². The zero-order valence-electron chi connectivity index (χ0n) is 18.2. The fraction of sp³-hybridized carbons (Fsp3) is 0.417. The molecule has 2 amide bonds. The van der Waals surface area contributed by atoms with Crippen LogP contribution in [0.5, 0.6) is 5.75 Å². The summed E-state index contributed by atoms with van der Waals surface area (Å²) in [5.41, 5.74) is 2.11. The van der Waals surface area contributed by atoms with E-state index in [1.54, 1.807) is 4.90 Å². The molecule has 162 valence electrons. The van der Waals surface area contributed by atoms with Crippen molar-refractivity contribution in [1.29, 1.82) is 0 Å². The molecular formula is C24H31IN2O3. The molecule has 5 nitrogen and oxygen atoms in total. The lowest BCUT2D eigenvalue weighted by molar-refractivity contribution is -0.143. The smallest absolute Gasteiger partial charge is 0.261 e. The van der Waals surface area contributed by atoms with Gasteiger partial charge in [0.2, 0.25) is 5.91 Å². The third-order valence-corrected chi connectivity index (χ3v) is 5.40. The van der Waals surface area contributed by atoms with Crippen molar-refractivity contribution in [2.45, 2.75) is 46.7 Å². The number of hydrogen-bond donors (Lipinski definition) is 1. The fourth-order valence-corrected chi connectivity index (χ4v) is 3.47. The highest BCUT2D eigenvalue weighted by atomic mass is 127. The molecule has 0 saturated carbocycles. The summed E-state index contributed by atoms with van der Waals surface area (Å²) in [5, 5.41) is 2.97. The minimum atomic E-state index is -0.544. The van der Waals surface area contributed by atoms with E-state index in [1.165, 1.54) is 0 Å². The number of nitrogens with zero attached hydrogens (tertiary/aromatic N) is 1. The van der Waals surface area contributed by atoms with Crippen LogP contribution in [0.4, 0.5) is 0 Å². The Labute approximate surface area is 193 Å². The van der Waals surface area contributed by atoms with Crippen molar-refractivity contribution in [3.63, 3.8) is 0 Å². The summed E-state index contributed by atoms with van der Waals surface area (Å²) in [7, 11) is 0. The third kappa shape index (κ3) is 7.63. The second-order valence-corrected chi connectivity index (χ2v) is 9.06. The maximum atomic E-state index is 13.1. The maximum absolute atomic E-state index is 13.1. The molecular weight excluding hydrogens is 491 g/mol. The van der Waals surface area contributed by atoms with Crippen molar-refractivity contribution < 1.29 is 14.3 Å². The summed E-state index contributed by atoms with van der Waals surface area (Å²) in [6.07, 6.45) is 0.533. The van der Waals surface area contributed by atoms with Crippen molar-refractivity contribution in [2.24, 2.45) is 5.92 Å². The van der Waals surface area contributed by atoms with Gasteiger partial charge in [0.05, 0.1) is 0 Å². The minimum absolute atomic E-state index is 0.111. The van der Waals surface area contributed by atoms with Crippen LogP contribution in [0.1, 0.15) is 38.3 Å². The van der Waals surface area contributed by atoms with Crippen LogP contribution in [0.2, 0.25) is 0 Å². The average molecular weight is 522 g/mol. The highest BCUT2D eigenvalue weighted by molar-refractivity contribution is 14.1. The van der Waals surface area contributed by atoms with Crippen LogP contribution >= 0.6 is 22.6 Å². The average Bonchev–Trinajstić information content (AvgIpc) is 2.71. The van der Waals surface area contributed by atoms with Crippen molar-refractivity contribution in [3.8, 4) is 5.75 Å². The molecule has 6 heteroatoms. The first-order valence-corrected chi connectivity index (χ1v) is 11.4. The molecule has 0 radical (unpaired) electrons. The van der Waals surface area contributed by atoms with E-state index < -0.39 is 6.04 Å². The molecule has 0 spiro atoms. The highest BCUT2D eigenvalue weighted by Crippen LogP contribution is 2.16. The van der Waals surface area contributed by atoms with Crippen LogP contribution in [0.3, 0.4) is 0 Å². The number of hydrogen-bond acceptors (Lipinski definition) is 3. The van der Waals surface area contributed by atoms with Crippen molar-refractivity contribution in [1.82, 2.24) is 10.2 Å². The maximum Gasteiger partial charge on any atom is 0.261 e. The van der Waals surface area contributed by atoms with Gasteiger partial charge in [-0.2, -0.15) is 0 Å². The van der Waals surface area contributed by atoms with Gasteiger partial charge < -0.3 is 15.0 Å². The normalized spacial score (nSPS) is 11.8. The lowest BCUT2D eigenvalue weighted by Crippen LogP contribution is -2.50. The molecule has 30 heavy (non-hydrogen) atoms. The van der Waals surface area contributed by atoms with Gasteiger partial charge >= 0.3 is 0 Å². The van der Waals surface area contributed by atoms with Gasteiger partial charge in [-0.05, 0) is 71.7 Å². The van der Waals surface area contributed by atoms with Crippen molar-refractivity contribution >= 4 is 34.4 Å². The Morgan fingerprint density at radius 2 is 1.83 bits per heavy atom. The van der Waals surface area contributed by atoms with E-state index >= 15 is 0 Å². The SMILES string of the molecule is CCC(C(=O)NCC(C)C)N(Cc1cccc(C)c1)C(=O)COc1ccc(I)cc1. The molecule has 1 atom stereocenters. The Kier molecular flexibility index (Phi) is 9.62. The van der Waals surface area contributed by atoms with Crippen LogP contribution < -0.4 is 10.1 Å². The molecule has 0 saturated heterocycles. The first-order chi connectivity index (χ1) is 14.3. The summed E-state index contributed by atoms with van der Waals surface area (Å²) >= 11 is 2.22. The Balaban J connectivity index is 2.18. The molecule has 0 aliphatic carbocycles. The standard InChI is InChI=1S/C24H31IN2O3/c1-5-22(24(29)26-14-17(2)3)27(15-19-8-6-7-18(4)13-19)23(28)16-30-21-11-9-20(25)10-12-21/h6-13,17,22H,5,14-16H2,1-4H3,(H,26,29). The van der Waals surface area contributed by atoms with E-state index in [2.05, 4.69) is 27.9 Å². The number of halogens is 1. The third-order valence-electron chi connectivity index (χ3n) is 4.68. The Morgan fingerprint density at radius 1 is 1.13 bits per heavy atom. The number of ether oxygens (including phenoxy) is 1.